The van der Waals surface area contributed by atoms with E-state index in [1.54, 1.807) is 6.92 Å². The molecule has 0 amide bonds. The molecule has 9 heteroatoms. The van der Waals surface area contributed by atoms with Crippen LogP contribution in [0.3, 0.4) is 0 Å². The molecule has 0 atom stereocenters. The average molecular weight is 316 g/mol. The van der Waals surface area contributed by atoms with E-state index in [0.717, 1.165) is 0 Å². The normalized spacial score (nSPS) is 7.62. The quantitative estimate of drug-likeness (QED) is 0.392. The van der Waals surface area contributed by atoms with E-state index in [1.807, 2.05) is 0 Å². The zero-order valence-corrected chi connectivity index (χ0v) is 17.4. The molecule has 0 aromatic rings. The summed E-state index contributed by atoms with van der Waals surface area (Å²) >= 11 is 0. The van der Waals surface area contributed by atoms with E-state index in [9.17, 15) is 5.11 Å². The SMILES string of the molecule is CCOB(OC[O-])OCO.[K+].[K].[Y]. The fraction of sp³-hybridized carbons (Fsp3) is 1.00. The molecule has 0 aliphatic heterocycles. The van der Waals surface area contributed by atoms with Crippen LogP contribution in [0.4, 0.5) is 0 Å². The van der Waals surface area contributed by atoms with Crippen molar-refractivity contribution in [2.75, 3.05) is 20.2 Å². The molecular weight excluding hydrogens is 306 g/mol. The summed E-state index contributed by atoms with van der Waals surface area (Å²) in [7, 11) is -1.03. The first-order chi connectivity index (χ1) is 4.85. The van der Waals surface area contributed by atoms with Crippen molar-refractivity contribution in [1.82, 2.24) is 0 Å². The van der Waals surface area contributed by atoms with Crippen molar-refractivity contribution in [3.05, 3.63) is 0 Å². The summed E-state index contributed by atoms with van der Waals surface area (Å²) in [5.74, 6) is 0. The van der Waals surface area contributed by atoms with Crippen LogP contribution in [0.15, 0.2) is 0 Å². The number of hydrogen-bond donors (Lipinski definition) is 1. The van der Waals surface area contributed by atoms with Crippen molar-refractivity contribution in [1.29, 1.82) is 0 Å². The smallest absolute Gasteiger partial charge is 0.835 e. The molecule has 0 spiro atoms. The second kappa shape index (κ2) is 21.5. The maximum Gasteiger partial charge on any atom is 1.00 e. The third kappa shape index (κ3) is 18.8. The van der Waals surface area contributed by atoms with Gasteiger partial charge in [-0.15, -0.1) is 0 Å². The van der Waals surface area contributed by atoms with Gasteiger partial charge in [-0.2, -0.15) is 0 Å². The van der Waals surface area contributed by atoms with Gasteiger partial charge in [0.25, 0.3) is 0 Å². The molecule has 0 saturated heterocycles. The van der Waals surface area contributed by atoms with E-state index in [-0.39, 0.29) is 135 Å². The van der Waals surface area contributed by atoms with E-state index >= 15 is 0 Å². The van der Waals surface area contributed by atoms with Gasteiger partial charge >= 0.3 is 58.7 Å². The Morgan fingerprint density at radius 3 is 2.15 bits per heavy atom. The molecule has 64 valence electrons. The molecule has 0 saturated carbocycles. The fourth-order valence-corrected chi connectivity index (χ4v) is 0.397. The van der Waals surface area contributed by atoms with Gasteiger partial charge in [0.05, 0.1) is 0 Å². The van der Waals surface area contributed by atoms with Crippen LogP contribution in [0.1, 0.15) is 6.92 Å². The summed E-state index contributed by atoms with van der Waals surface area (Å²) in [4.78, 5) is 0. The van der Waals surface area contributed by atoms with Crippen LogP contribution < -0.4 is 56.5 Å². The Kier molecular flexibility index (Phi) is 42.9. The van der Waals surface area contributed by atoms with E-state index in [4.69, 9.17) is 9.76 Å². The number of rotatable bonds is 6. The summed E-state index contributed by atoms with van der Waals surface area (Å²) in [6.07, 6.45) is 0. The molecule has 0 unspecified atom stereocenters. The molecular formula is C4H10BK2O5Y. The Morgan fingerprint density at radius 1 is 1.31 bits per heavy atom. The summed E-state index contributed by atoms with van der Waals surface area (Å²) in [5, 5.41) is 18.0. The maximum absolute atomic E-state index is 9.83. The molecule has 1 N–H and O–H groups in total. The Hall–Kier alpha value is 4.24. The average Bonchev–Trinajstić information content (AvgIpc) is 1.90. The van der Waals surface area contributed by atoms with Crippen molar-refractivity contribution < 1.29 is 108 Å². The van der Waals surface area contributed by atoms with Crippen LogP contribution in [0.5, 0.6) is 0 Å². The van der Waals surface area contributed by atoms with Gasteiger partial charge in [0.1, 0.15) is 6.79 Å². The molecule has 2 radical (unpaired) electrons. The van der Waals surface area contributed by atoms with Crippen molar-refractivity contribution in [2.45, 2.75) is 6.92 Å². The minimum absolute atomic E-state index is 0. The Labute approximate surface area is 189 Å². The molecule has 0 aromatic carbocycles. The first-order valence-electron chi connectivity index (χ1n) is 2.89. The van der Waals surface area contributed by atoms with Crippen molar-refractivity contribution >= 4 is 58.7 Å². The van der Waals surface area contributed by atoms with Gasteiger partial charge < -0.3 is 24.2 Å². The van der Waals surface area contributed by atoms with Crippen LogP contribution in [-0.2, 0) is 46.7 Å². The minimum Gasteiger partial charge on any atom is -0.835 e. The van der Waals surface area contributed by atoms with Crippen LogP contribution in [0, 0.1) is 0 Å². The van der Waals surface area contributed by atoms with E-state index < -0.39 is 20.9 Å². The fourth-order valence-electron chi connectivity index (χ4n) is 0.397. The third-order valence-corrected chi connectivity index (χ3v) is 0.717. The maximum atomic E-state index is 9.83. The second-order valence-corrected chi connectivity index (χ2v) is 1.32. The van der Waals surface area contributed by atoms with Crippen molar-refractivity contribution in [3.8, 4) is 0 Å². The van der Waals surface area contributed by atoms with Crippen LogP contribution in [-0.4, -0.2) is 84.0 Å². The first kappa shape index (κ1) is 25.9. The minimum atomic E-state index is -1.03. The van der Waals surface area contributed by atoms with Crippen molar-refractivity contribution in [3.63, 3.8) is 0 Å². The summed E-state index contributed by atoms with van der Waals surface area (Å²) < 4.78 is 13.5. The molecule has 0 aliphatic rings. The monoisotopic (exact) mass is 316 g/mol. The predicted molar refractivity (Wildman–Crippen MR) is 37.3 cm³/mol. The molecule has 0 aromatic heterocycles. The molecule has 0 bridgehead atoms. The van der Waals surface area contributed by atoms with Crippen LogP contribution in [0.25, 0.3) is 0 Å². The third-order valence-electron chi connectivity index (χ3n) is 0.717. The zero-order valence-electron chi connectivity index (χ0n) is 8.36. The molecule has 0 heterocycles. The topological polar surface area (TPSA) is 71.0 Å². The van der Waals surface area contributed by atoms with Gasteiger partial charge in [0.15, 0.2) is 0 Å². The van der Waals surface area contributed by atoms with E-state index in [1.165, 1.54) is 0 Å². The standard InChI is InChI=1S/C4H10BO5.2K.Y/c1-2-8-5(9-3-6)10-4-7;;;/h6H,2-4H2,1H3;;;/q-1;;+1;. The Morgan fingerprint density at radius 2 is 1.85 bits per heavy atom. The van der Waals surface area contributed by atoms with Crippen LogP contribution in [0.2, 0.25) is 0 Å². The van der Waals surface area contributed by atoms with E-state index in [0.29, 0.717) is 6.61 Å². The number of aliphatic hydroxyl groups is 1. The first-order valence-corrected chi connectivity index (χ1v) is 2.89. The molecule has 5 nitrogen and oxygen atoms in total. The van der Waals surface area contributed by atoms with Gasteiger partial charge in [0.2, 0.25) is 0 Å². The zero-order chi connectivity index (χ0) is 7.82. The Bertz CT molecular complexity index is 69.3. The summed E-state index contributed by atoms with van der Waals surface area (Å²) in [6, 6.07) is 0. The number of hydrogen-bond acceptors (Lipinski definition) is 5. The van der Waals surface area contributed by atoms with Gasteiger partial charge in [-0.1, -0.05) is 0 Å². The van der Waals surface area contributed by atoms with Gasteiger partial charge in [0, 0.05) is 90.7 Å². The molecule has 0 rings (SSSR count). The molecule has 13 heavy (non-hydrogen) atoms. The van der Waals surface area contributed by atoms with Gasteiger partial charge in [-0.05, 0) is 13.7 Å². The van der Waals surface area contributed by atoms with Crippen molar-refractivity contribution in [2.24, 2.45) is 0 Å². The molecule has 0 aliphatic carbocycles. The van der Waals surface area contributed by atoms with Crippen LogP contribution >= 0.6 is 0 Å². The second-order valence-electron chi connectivity index (χ2n) is 1.32. The number of aliphatic hydroxyl groups excluding tert-OH is 1. The summed E-state index contributed by atoms with van der Waals surface area (Å²) in [5.41, 5.74) is 0. The predicted octanol–water partition coefficient (Wildman–Crippen LogP) is -5.07. The van der Waals surface area contributed by atoms with E-state index in [2.05, 4.69) is 9.31 Å². The molecule has 0 fully saturated rings. The Balaban J connectivity index is -0.000000135. The van der Waals surface area contributed by atoms with Gasteiger partial charge in [-0.3, -0.25) is 0 Å². The summed E-state index contributed by atoms with van der Waals surface area (Å²) in [6.45, 7) is 0.821. The largest absolute Gasteiger partial charge is 1.00 e. The van der Waals surface area contributed by atoms with Gasteiger partial charge in [-0.25, -0.2) is 0 Å².